The number of hydrogen-bond acceptors (Lipinski definition) is 2. The van der Waals surface area contributed by atoms with Crippen molar-refractivity contribution in [3.8, 4) is 5.69 Å². The maximum absolute atomic E-state index is 11.2. The van der Waals surface area contributed by atoms with Gasteiger partial charge in [-0.15, -0.1) is 0 Å². The van der Waals surface area contributed by atoms with Gasteiger partial charge in [-0.25, -0.2) is 9.48 Å². The van der Waals surface area contributed by atoms with Crippen LogP contribution in [-0.4, -0.2) is 20.9 Å². The molecule has 0 amide bonds. The minimum Gasteiger partial charge on any atom is -0.476 e. The molecule has 0 unspecified atom stereocenters. The fraction of sp³-hybridized carbons (Fsp3) is 0.375. The lowest BCUT2D eigenvalue weighted by Crippen LogP contribution is -2.07. The second-order valence-corrected chi connectivity index (χ2v) is 5.66. The van der Waals surface area contributed by atoms with Gasteiger partial charge in [0.05, 0.1) is 5.69 Å². The maximum atomic E-state index is 11.2. The molecule has 0 aliphatic heterocycles. The van der Waals surface area contributed by atoms with Crippen molar-refractivity contribution in [3.05, 3.63) is 47.3 Å². The lowest BCUT2D eigenvalue weighted by molar-refractivity contribution is 0.0690. The molecule has 0 radical (unpaired) electrons. The van der Waals surface area contributed by atoms with Crippen molar-refractivity contribution in [2.75, 3.05) is 0 Å². The average Bonchev–Trinajstić information content (AvgIpc) is 3.17. The number of carbonyl (C=O) groups is 1. The SMILES string of the molecule is CC(C)c1ccccc1-n1nc(C(=O)O)cc1C1CC1. The van der Waals surface area contributed by atoms with Crippen LogP contribution in [-0.2, 0) is 0 Å². The van der Waals surface area contributed by atoms with Crippen LogP contribution in [0.15, 0.2) is 30.3 Å². The summed E-state index contributed by atoms with van der Waals surface area (Å²) < 4.78 is 1.83. The highest BCUT2D eigenvalue weighted by molar-refractivity contribution is 5.85. The number of aromatic carboxylic acids is 1. The standard InChI is InChI=1S/C16H18N2O2/c1-10(2)12-5-3-4-6-14(12)18-15(11-7-8-11)9-13(17-18)16(19)20/h3-6,9-11H,7-8H2,1-2H3,(H,19,20). The quantitative estimate of drug-likeness (QED) is 0.924. The molecule has 2 aromatic rings. The fourth-order valence-corrected chi connectivity index (χ4v) is 2.53. The van der Waals surface area contributed by atoms with Gasteiger partial charge in [0.2, 0.25) is 0 Å². The van der Waals surface area contributed by atoms with Crippen molar-refractivity contribution in [3.63, 3.8) is 0 Å². The monoisotopic (exact) mass is 270 g/mol. The van der Waals surface area contributed by atoms with Crippen LogP contribution in [0, 0.1) is 0 Å². The number of carboxylic acid groups (broad SMARTS) is 1. The number of aromatic nitrogens is 2. The summed E-state index contributed by atoms with van der Waals surface area (Å²) in [6.07, 6.45) is 2.24. The van der Waals surface area contributed by atoms with E-state index in [-0.39, 0.29) is 5.69 Å². The van der Waals surface area contributed by atoms with Gasteiger partial charge in [0, 0.05) is 11.6 Å². The van der Waals surface area contributed by atoms with Gasteiger partial charge in [-0.05, 0) is 36.5 Å². The highest BCUT2D eigenvalue weighted by Gasteiger charge is 2.30. The van der Waals surface area contributed by atoms with Crippen LogP contribution >= 0.6 is 0 Å². The Morgan fingerprint density at radius 2 is 2.05 bits per heavy atom. The summed E-state index contributed by atoms with van der Waals surface area (Å²) in [5.74, 6) is -0.140. The van der Waals surface area contributed by atoms with E-state index < -0.39 is 5.97 Å². The lowest BCUT2D eigenvalue weighted by Gasteiger charge is -2.14. The van der Waals surface area contributed by atoms with E-state index in [1.54, 1.807) is 6.07 Å². The van der Waals surface area contributed by atoms with Crippen LogP contribution in [0.1, 0.15) is 60.3 Å². The highest BCUT2D eigenvalue weighted by Crippen LogP contribution is 2.41. The topological polar surface area (TPSA) is 55.1 Å². The normalized spacial score (nSPS) is 14.8. The van der Waals surface area contributed by atoms with E-state index in [1.165, 1.54) is 5.56 Å². The Morgan fingerprint density at radius 1 is 1.35 bits per heavy atom. The van der Waals surface area contributed by atoms with E-state index in [1.807, 2.05) is 22.9 Å². The zero-order valence-electron chi connectivity index (χ0n) is 11.7. The van der Waals surface area contributed by atoms with Crippen LogP contribution in [0.5, 0.6) is 0 Å². The van der Waals surface area contributed by atoms with Crippen LogP contribution in [0.2, 0.25) is 0 Å². The molecular formula is C16H18N2O2. The maximum Gasteiger partial charge on any atom is 0.356 e. The Hall–Kier alpha value is -2.10. The summed E-state index contributed by atoms with van der Waals surface area (Å²) in [5, 5.41) is 13.5. The van der Waals surface area contributed by atoms with Crippen LogP contribution in [0.25, 0.3) is 5.69 Å². The first-order valence-corrected chi connectivity index (χ1v) is 7.00. The molecule has 1 fully saturated rings. The Morgan fingerprint density at radius 3 is 2.65 bits per heavy atom. The smallest absolute Gasteiger partial charge is 0.356 e. The van der Waals surface area contributed by atoms with E-state index in [9.17, 15) is 9.90 Å². The van der Waals surface area contributed by atoms with Crippen molar-refractivity contribution in [1.82, 2.24) is 9.78 Å². The minimum atomic E-state index is -0.965. The van der Waals surface area contributed by atoms with E-state index in [2.05, 4.69) is 25.0 Å². The Bertz CT molecular complexity index is 654. The largest absolute Gasteiger partial charge is 0.476 e. The van der Waals surface area contributed by atoms with Gasteiger partial charge in [-0.3, -0.25) is 0 Å². The minimum absolute atomic E-state index is 0.130. The molecule has 4 nitrogen and oxygen atoms in total. The van der Waals surface area contributed by atoms with Gasteiger partial charge in [0.25, 0.3) is 0 Å². The van der Waals surface area contributed by atoms with Crippen molar-refractivity contribution in [1.29, 1.82) is 0 Å². The Labute approximate surface area is 118 Å². The molecule has 0 spiro atoms. The predicted octanol–water partition coefficient (Wildman–Crippen LogP) is 3.57. The van der Waals surface area contributed by atoms with Gasteiger partial charge in [0.1, 0.15) is 0 Å². The second kappa shape index (κ2) is 4.78. The van der Waals surface area contributed by atoms with Gasteiger partial charge < -0.3 is 5.11 Å². The molecule has 20 heavy (non-hydrogen) atoms. The zero-order chi connectivity index (χ0) is 14.3. The molecule has 0 bridgehead atoms. The van der Waals surface area contributed by atoms with Gasteiger partial charge >= 0.3 is 5.97 Å². The molecule has 4 heteroatoms. The van der Waals surface area contributed by atoms with E-state index in [0.29, 0.717) is 11.8 Å². The number of nitrogens with zero attached hydrogens (tertiary/aromatic N) is 2. The molecule has 1 aliphatic carbocycles. The van der Waals surface area contributed by atoms with E-state index >= 15 is 0 Å². The number of rotatable bonds is 4. The third-order valence-electron chi connectivity index (χ3n) is 3.74. The number of carboxylic acids is 1. The van der Waals surface area contributed by atoms with E-state index in [0.717, 1.165) is 24.2 Å². The molecule has 1 aliphatic rings. The predicted molar refractivity (Wildman–Crippen MR) is 76.6 cm³/mol. The van der Waals surface area contributed by atoms with Crippen molar-refractivity contribution < 1.29 is 9.90 Å². The first-order chi connectivity index (χ1) is 9.58. The molecule has 3 rings (SSSR count). The summed E-state index contributed by atoms with van der Waals surface area (Å²) in [5.41, 5.74) is 3.34. The van der Waals surface area contributed by atoms with Gasteiger partial charge in [-0.1, -0.05) is 32.0 Å². The van der Waals surface area contributed by atoms with Crippen molar-refractivity contribution in [2.24, 2.45) is 0 Å². The molecule has 1 aromatic heterocycles. The third kappa shape index (κ3) is 2.22. The first kappa shape index (κ1) is 12.9. The van der Waals surface area contributed by atoms with Crippen LogP contribution < -0.4 is 0 Å². The number of hydrogen-bond donors (Lipinski definition) is 1. The summed E-state index contributed by atoms with van der Waals surface area (Å²) in [6.45, 7) is 4.27. The first-order valence-electron chi connectivity index (χ1n) is 7.00. The third-order valence-corrected chi connectivity index (χ3v) is 3.74. The van der Waals surface area contributed by atoms with Gasteiger partial charge in [0.15, 0.2) is 5.69 Å². The molecule has 1 heterocycles. The number of para-hydroxylation sites is 1. The summed E-state index contributed by atoms with van der Waals surface area (Å²) >= 11 is 0. The molecule has 1 N–H and O–H groups in total. The van der Waals surface area contributed by atoms with Crippen molar-refractivity contribution in [2.45, 2.75) is 38.5 Å². The lowest BCUT2D eigenvalue weighted by atomic mass is 10.0. The Kier molecular flexibility index (Phi) is 3.08. The molecule has 104 valence electrons. The highest BCUT2D eigenvalue weighted by atomic mass is 16.4. The molecule has 1 aromatic carbocycles. The average molecular weight is 270 g/mol. The number of benzene rings is 1. The molecule has 1 saturated carbocycles. The van der Waals surface area contributed by atoms with Crippen molar-refractivity contribution >= 4 is 5.97 Å². The van der Waals surface area contributed by atoms with Gasteiger partial charge in [-0.2, -0.15) is 5.10 Å². The second-order valence-electron chi connectivity index (χ2n) is 5.66. The molecule has 0 atom stereocenters. The zero-order valence-corrected chi connectivity index (χ0v) is 11.7. The van der Waals surface area contributed by atoms with Crippen LogP contribution in [0.4, 0.5) is 0 Å². The molecule has 0 saturated heterocycles. The summed E-state index contributed by atoms with van der Waals surface area (Å²) in [4.78, 5) is 11.2. The van der Waals surface area contributed by atoms with Crippen LogP contribution in [0.3, 0.4) is 0 Å². The Balaban J connectivity index is 2.16. The fourth-order valence-electron chi connectivity index (χ4n) is 2.53. The van der Waals surface area contributed by atoms with E-state index in [4.69, 9.17) is 0 Å². The summed E-state index contributed by atoms with van der Waals surface area (Å²) in [7, 11) is 0. The molecular weight excluding hydrogens is 252 g/mol. The summed E-state index contributed by atoms with van der Waals surface area (Å²) in [6, 6.07) is 9.80.